The van der Waals surface area contributed by atoms with Gasteiger partial charge in [0.25, 0.3) is 0 Å². The minimum Gasteiger partial charge on any atom is -0.481 e. The Bertz CT molecular complexity index is 1130. The Morgan fingerprint density at radius 2 is 0.977 bits per heavy atom. The highest BCUT2D eigenvalue weighted by Gasteiger charge is 2.32. The molecule has 240 valence electrons. The van der Waals surface area contributed by atoms with Crippen LogP contribution in [0.1, 0.15) is 52.4 Å². The highest BCUT2D eigenvalue weighted by atomic mass is 16.4. The van der Waals surface area contributed by atoms with Gasteiger partial charge in [0.2, 0.25) is 41.4 Å². The average Bonchev–Trinajstić information content (AvgIpc) is 2.86. The SMILES string of the molecule is CC(=O)N[C@@H](CCC(N)=O)C(=O)N[C@@H](CC(=O)O)C(=O)N[C@@H](C)C(=O)N[C@@H](CCC(=O)O)C(=O)N[C@@H](CC(=O)O)C(N)=O. The number of nitrogens with two attached hydrogens (primary N) is 2. The summed E-state index contributed by atoms with van der Waals surface area (Å²) in [6.07, 6.45) is -3.68. The molecule has 0 radical (unpaired) electrons. The molecule has 0 aliphatic carbocycles. The van der Waals surface area contributed by atoms with Gasteiger partial charge in [0.15, 0.2) is 0 Å². The average molecular weight is 618 g/mol. The summed E-state index contributed by atoms with van der Waals surface area (Å²) in [5, 5.41) is 37.7. The van der Waals surface area contributed by atoms with E-state index < -0.39 is 115 Å². The Kier molecular flexibility index (Phi) is 16.0. The van der Waals surface area contributed by atoms with Crippen molar-refractivity contribution in [2.75, 3.05) is 0 Å². The molecule has 0 saturated heterocycles. The predicted molar refractivity (Wildman–Crippen MR) is 140 cm³/mol. The molecule has 20 nitrogen and oxygen atoms in total. The lowest BCUT2D eigenvalue weighted by molar-refractivity contribution is -0.142. The number of rotatable bonds is 20. The van der Waals surface area contributed by atoms with Gasteiger partial charge in [0, 0.05) is 19.8 Å². The van der Waals surface area contributed by atoms with E-state index in [1.165, 1.54) is 0 Å². The first kappa shape index (κ1) is 37.7. The zero-order valence-electron chi connectivity index (χ0n) is 23.2. The maximum Gasteiger partial charge on any atom is 0.305 e. The molecular weight excluding hydrogens is 582 g/mol. The van der Waals surface area contributed by atoms with E-state index in [1.54, 1.807) is 0 Å². The molecule has 0 bridgehead atoms. The molecule has 5 atom stereocenters. The van der Waals surface area contributed by atoms with Crippen molar-refractivity contribution in [1.29, 1.82) is 0 Å². The lowest BCUT2D eigenvalue weighted by Gasteiger charge is -2.25. The first-order valence-electron chi connectivity index (χ1n) is 12.6. The van der Waals surface area contributed by atoms with Gasteiger partial charge in [-0.05, 0) is 19.8 Å². The molecule has 0 heterocycles. The monoisotopic (exact) mass is 617 g/mol. The molecule has 0 aromatic rings. The van der Waals surface area contributed by atoms with Crippen LogP contribution >= 0.6 is 0 Å². The number of aliphatic carboxylic acids is 3. The largest absolute Gasteiger partial charge is 0.481 e. The quantitative estimate of drug-likeness (QED) is 0.0612. The lowest BCUT2D eigenvalue weighted by Crippen LogP contribution is -2.58. The van der Waals surface area contributed by atoms with Gasteiger partial charge in [-0.3, -0.25) is 47.9 Å². The highest BCUT2D eigenvalue weighted by Crippen LogP contribution is 2.04. The van der Waals surface area contributed by atoms with Crippen LogP contribution < -0.4 is 38.1 Å². The molecule has 0 aliphatic heterocycles. The van der Waals surface area contributed by atoms with Gasteiger partial charge in [-0.1, -0.05) is 0 Å². The number of carboxylic acids is 3. The third-order valence-electron chi connectivity index (χ3n) is 5.46. The fraction of sp³-hybridized carbons (Fsp3) is 0.565. The minimum absolute atomic E-state index is 0.274. The maximum absolute atomic E-state index is 12.8. The van der Waals surface area contributed by atoms with Crippen molar-refractivity contribution in [3.63, 3.8) is 0 Å². The summed E-state index contributed by atoms with van der Waals surface area (Å²) < 4.78 is 0. The van der Waals surface area contributed by atoms with Crippen LogP contribution in [0.4, 0.5) is 0 Å². The van der Waals surface area contributed by atoms with Crippen molar-refractivity contribution in [1.82, 2.24) is 26.6 Å². The van der Waals surface area contributed by atoms with Gasteiger partial charge in [0.1, 0.15) is 30.2 Å². The van der Waals surface area contributed by atoms with Crippen LogP contribution in [0.3, 0.4) is 0 Å². The van der Waals surface area contributed by atoms with Gasteiger partial charge in [-0.2, -0.15) is 0 Å². The third-order valence-corrected chi connectivity index (χ3v) is 5.46. The van der Waals surface area contributed by atoms with Crippen molar-refractivity contribution in [3.05, 3.63) is 0 Å². The number of hydrogen-bond donors (Lipinski definition) is 10. The molecule has 0 spiro atoms. The molecule has 0 saturated carbocycles. The predicted octanol–water partition coefficient (Wildman–Crippen LogP) is -4.98. The summed E-state index contributed by atoms with van der Waals surface area (Å²) in [7, 11) is 0. The lowest BCUT2D eigenvalue weighted by atomic mass is 10.1. The summed E-state index contributed by atoms with van der Waals surface area (Å²) >= 11 is 0. The van der Waals surface area contributed by atoms with Crippen molar-refractivity contribution in [3.8, 4) is 0 Å². The Hall–Kier alpha value is -5.30. The Balaban J connectivity index is 5.70. The standard InChI is InChI=1S/C23H35N7O13/c1-9(20(40)28-12(4-6-16(33)34)22(42)29-13(19(25)39)7-17(35)36)26-23(43)14(8-18(37)38)30-21(41)11(27-10(2)31)3-5-15(24)32/h9,11-14H,3-8H2,1-2H3,(H2,24,32)(H2,25,39)(H,26,43)(H,27,31)(H,28,40)(H,29,42)(H,30,41)(H,33,34)(H,35,36)(H,37,38)/t9-,11-,12-,13-,14-/m0/s1. The van der Waals surface area contributed by atoms with Crippen LogP contribution in [-0.2, 0) is 47.9 Å². The van der Waals surface area contributed by atoms with Gasteiger partial charge >= 0.3 is 17.9 Å². The van der Waals surface area contributed by atoms with E-state index in [4.69, 9.17) is 21.7 Å². The third kappa shape index (κ3) is 15.9. The first-order valence-corrected chi connectivity index (χ1v) is 12.6. The van der Waals surface area contributed by atoms with Crippen LogP contribution in [0.25, 0.3) is 0 Å². The highest BCUT2D eigenvalue weighted by molar-refractivity contribution is 5.97. The summed E-state index contributed by atoms with van der Waals surface area (Å²) in [5.41, 5.74) is 10.1. The van der Waals surface area contributed by atoms with Crippen molar-refractivity contribution in [2.24, 2.45) is 11.5 Å². The molecule has 0 aliphatic rings. The number of amides is 7. The van der Waals surface area contributed by atoms with Crippen LogP contribution in [0.15, 0.2) is 0 Å². The van der Waals surface area contributed by atoms with Crippen LogP contribution in [-0.4, -0.2) is 105 Å². The first-order chi connectivity index (χ1) is 19.8. The second kappa shape index (κ2) is 18.2. The minimum atomic E-state index is -1.79. The fourth-order valence-corrected chi connectivity index (χ4v) is 3.34. The summed E-state index contributed by atoms with van der Waals surface area (Å²) in [6, 6.07) is -8.02. The molecule has 43 heavy (non-hydrogen) atoms. The van der Waals surface area contributed by atoms with E-state index >= 15 is 0 Å². The number of carboxylic acid groups (broad SMARTS) is 3. The summed E-state index contributed by atoms with van der Waals surface area (Å²) in [5.74, 6) is -11.6. The molecule has 0 aromatic carbocycles. The second-order valence-electron chi connectivity index (χ2n) is 9.20. The van der Waals surface area contributed by atoms with E-state index in [2.05, 4.69) is 21.3 Å². The fourth-order valence-electron chi connectivity index (χ4n) is 3.34. The molecule has 0 rings (SSSR count). The number of carbonyl (C=O) groups excluding carboxylic acids is 7. The molecule has 0 aromatic heterocycles. The number of hydrogen-bond acceptors (Lipinski definition) is 10. The van der Waals surface area contributed by atoms with Crippen LogP contribution in [0.2, 0.25) is 0 Å². The molecule has 0 fully saturated rings. The Morgan fingerprint density at radius 1 is 0.558 bits per heavy atom. The van der Waals surface area contributed by atoms with E-state index in [9.17, 15) is 53.1 Å². The number of nitrogens with one attached hydrogen (secondary N) is 5. The topological polar surface area (TPSA) is 344 Å². The molecular formula is C23H35N7O13. The Morgan fingerprint density at radius 3 is 1.42 bits per heavy atom. The smallest absolute Gasteiger partial charge is 0.305 e. The molecule has 12 N–H and O–H groups in total. The molecule has 20 heteroatoms. The van der Waals surface area contributed by atoms with E-state index in [0.717, 1.165) is 13.8 Å². The molecule has 0 unspecified atom stereocenters. The van der Waals surface area contributed by atoms with Gasteiger partial charge in [0.05, 0.1) is 12.8 Å². The number of carbonyl (C=O) groups is 10. The molecule has 7 amide bonds. The van der Waals surface area contributed by atoms with Crippen molar-refractivity contribution in [2.45, 2.75) is 82.6 Å². The summed E-state index contributed by atoms with van der Waals surface area (Å²) in [4.78, 5) is 118. The Labute approximate surface area is 243 Å². The maximum atomic E-state index is 12.8. The summed E-state index contributed by atoms with van der Waals surface area (Å²) in [6.45, 7) is 2.17. The number of primary amides is 2. The van der Waals surface area contributed by atoms with Gasteiger partial charge < -0.3 is 53.4 Å². The van der Waals surface area contributed by atoms with Crippen LogP contribution in [0, 0.1) is 0 Å². The van der Waals surface area contributed by atoms with Crippen LogP contribution in [0.5, 0.6) is 0 Å². The van der Waals surface area contributed by atoms with Crippen molar-refractivity contribution < 1.29 is 63.3 Å². The van der Waals surface area contributed by atoms with Gasteiger partial charge in [-0.15, -0.1) is 0 Å². The normalized spacial score (nSPS) is 13.9. The zero-order chi connectivity index (χ0) is 33.4. The van der Waals surface area contributed by atoms with E-state index in [0.29, 0.717) is 0 Å². The second-order valence-corrected chi connectivity index (χ2v) is 9.20. The van der Waals surface area contributed by atoms with E-state index in [1.807, 2.05) is 5.32 Å². The van der Waals surface area contributed by atoms with Crippen molar-refractivity contribution >= 4 is 59.3 Å². The van der Waals surface area contributed by atoms with E-state index in [-0.39, 0.29) is 12.8 Å². The van der Waals surface area contributed by atoms with Gasteiger partial charge in [-0.25, -0.2) is 0 Å². The zero-order valence-corrected chi connectivity index (χ0v) is 23.2.